The molecule has 10 nitrogen and oxygen atoms in total. The van der Waals surface area contributed by atoms with Crippen LogP contribution in [0.2, 0.25) is 5.15 Å². The summed E-state index contributed by atoms with van der Waals surface area (Å²) in [5.74, 6) is 0.112. The third-order valence-corrected chi connectivity index (χ3v) is 5.24. The second-order valence-corrected chi connectivity index (χ2v) is 7.48. The number of pyridine rings is 1. The quantitative estimate of drug-likeness (QED) is 0.672. The van der Waals surface area contributed by atoms with Gasteiger partial charge in [0.05, 0.1) is 7.11 Å². The Hall–Kier alpha value is -2.92. The minimum absolute atomic E-state index is 0.111. The number of methoxy groups -OCH3 is 1. The Morgan fingerprint density at radius 1 is 1.26 bits per heavy atom. The fourth-order valence-electron chi connectivity index (χ4n) is 2.39. The van der Waals surface area contributed by atoms with Crippen molar-refractivity contribution >= 4 is 39.3 Å². The lowest BCUT2D eigenvalue weighted by Gasteiger charge is -2.09. The molecule has 0 aliphatic carbocycles. The average Bonchev–Trinajstić information content (AvgIpc) is 2.91. The first kappa shape index (κ1) is 18.9. The van der Waals surface area contributed by atoms with Crippen LogP contribution >= 0.6 is 11.6 Å². The van der Waals surface area contributed by atoms with Gasteiger partial charge in [-0.05, 0) is 25.5 Å². The summed E-state index contributed by atoms with van der Waals surface area (Å²) in [6, 6.07) is 3.91. The van der Waals surface area contributed by atoms with Crippen molar-refractivity contribution in [2.45, 2.75) is 18.9 Å². The minimum Gasteiger partial charge on any atom is -0.481 e. The summed E-state index contributed by atoms with van der Waals surface area (Å²) >= 11 is 6.00. The zero-order valence-electron chi connectivity index (χ0n) is 14.5. The van der Waals surface area contributed by atoms with Gasteiger partial charge in [0, 0.05) is 18.0 Å². The maximum Gasteiger partial charge on any atom is 0.335 e. The van der Waals surface area contributed by atoms with Crippen molar-refractivity contribution in [3.05, 3.63) is 40.8 Å². The lowest BCUT2D eigenvalue weighted by Crippen LogP contribution is -2.35. The maximum atomic E-state index is 12.6. The maximum absolute atomic E-state index is 12.6. The fraction of sp³-hybridized carbons (Fsp3) is 0.200. The lowest BCUT2D eigenvalue weighted by molar-refractivity contribution is 0.256. The number of anilines is 1. The van der Waals surface area contributed by atoms with Crippen LogP contribution < -0.4 is 14.8 Å². The molecule has 3 heterocycles. The van der Waals surface area contributed by atoms with Crippen molar-refractivity contribution in [2.75, 3.05) is 12.4 Å². The summed E-state index contributed by atoms with van der Waals surface area (Å²) in [6.45, 7) is 3.43. The summed E-state index contributed by atoms with van der Waals surface area (Å²) in [5.41, 5.74) is 1.63. The Kier molecular flexibility index (Phi) is 4.89. The number of carbonyl (C=O) groups excluding carboxylic acids is 1. The molecule has 0 aromatic carbocycles. The summed E-state index contributed by atoms with van der Waals surface area (Å²) in [6.07, 6.45) is 1.49. The molecule has 0 spiro atoms. The van der Waals surface area contributed by atoms with Crippen LogP contribution in [-0.2, 0) is 10.0 Å². The average molecular weight is 411 g/mol. The number of rotatable bonds is 4. The number of nitrogens with one attached hydrogen (secondary N) is 2. The molecule has 2 amide bonds. The Morgan fingerprint density at radius 3 is 2.70 bits per heavy atom. The van der Waals surface area contributed by atoms with Gasteiger partial charge in [0.15, 0.2) is 10.2 Å². The van der Waals surface area contributed by atoms with E-state index in [-0.39, 0.29) is 22.0 Å². The van der Waals surface area contributed by atoms with Crippen LogP contribution in [0.1, 0.15) is 11.3 Å². The third kappa shape index (κ3) is 3.78. The highest BCUT2D eigenvalue weighted by atomic mass is 35.5. The first-order valence-electron chi connectivity index (χ1n) is 7.58. The molecule has 3 aromatic rings. The van der Waals surface area contributed by atoms with Gasteiger partial charge in [-0.2, -0.15) is 13.4 Å². The number of hydrogen-bond donors (Lipinski definition) is 2. The number of aryl methyl sites for hydroxylation is 2. The van der Waals surface area contributed by atoms with Gasteiger partial charge >= 0.3 is 6.03 Å². The number of aromatic nitrogens is 4. The van der Waals surface area contributed by atoms with Crippen LogP contribution in [0.25, 0.3) is 5.65 Å². The fourth-order valence-corrected chi connectivity index (χ4v) is 3.93. The Morgan fingerprint density at radius 2 is 2.00 bits per heavy atom. The van der Waals surface area contributed by atoms with E-state index >= 15 is 0 Å². The van der Waals surface area contributed by atoms with Gasteiger partial charge in [0.1, 0.15) is 5.65 Å². The summed E-state index contributed by atoms with van der Waals surface area (Å²) in [7, 11) is -2.91. The highest BCUT2D eigenvalue weighted by molar-refractivity contribution is 7.90. The van der Waals surface area contributed by atoms with Gasteiger partial charge < -0.3 is 4.74 Å². The second-order valence-electron chi connectivity index (χ2n) is 5.53. The van der Waals surface area contributed by atoms with E-state index in [1.165, 1.54) is 17.7 Å². The molecular formula is C15H15ClN6O4S. The van der Waals surface area contributed by atoms with Gasteiger partial charge in [-0.1, -0.05) is 17.7 Å². The summed E-state index contributed by atoms with van der Waals surface area (Å²) in [4.78, 5) is 24.1. The van der Waals surface area contributed by atoms with Crippen molar-refractivity contribution in [2.24, 2.45) is 0 Å². The molecule has 0 fully saturated rings. The van der Waals surface area contributed by atoms with Gasteiger partial charge in [0.2, 0.25) is 11.8 Å². The second kappa shape index (κ2) is 7.00. The van der Waals surface area contributed by atoms with E-state index in [1.807, 2.05) is 4.72 Å². The van der Waals surface area contributed by atoms with E-state index in [4.69, 9.17) is 16.3 Å². The minimum atomic E-state index is -4.32. The van der Waals surface area contributed by atoms with Crippen LogP contribution in [0.3, 0.4) is 0 Å². The molecule has 0 saturated heterocycles. The Bertz CT molecular complexity index is 1140. The van der Waals surface area contributed by atoms with Gasteiger partial charge in [-0.25, -0.2) is 19.5 Å². The number of carbonyl (C=O) groups is 1. The molecule has 0 atom stereocenters. The summed E-state index contributed by atoms with van der Waals surface area (Å²) in [5, 5.41) is 1.65. The van der Waals surface area contributed by atoms with Crippen molar-refractivity contribution in [3.8, 4) is 5.88 Å². The monoisotopic (exact) mass is 410 g/mol. The Balaban J connectivity index is 1.89. The topological polar surface area (TPSA) is 128 Å². The molecular weight excluding hydrogens is 396 g/mol. The largest absolute Gasteiger partial charge is 0.481 e. The van der Waals surface area contributed by atoms with E-state index in [0.717, 1.165) is 5.56 Å². The SMILES string of the molecule is COc1cc(C)nc(NC(=O)NS(=O)(=O)c2c(Cl)nc3c(C)cccn23)n1. The molecule has 3 aromatic heterocycles. The molecule has 0 radical (unpaired) electrons. The van der Waals surface area contributed by atoms with Crippen LogP contribution in [0.4, 0.5) is 10.7 Å². The van der Waals surface area contributed by atoms with E-state index in [2.05, 4.69) is 20.3 Å². The number of amides is 2. The van der Waals surface area contributed by atoms with Gasteiger partial charge in [-0.15, -0.1) is 0 Å². The van der Waals surface area contributed by atoms with Crippen molar-refractivity contribution < 1.29 is 17.9 Å². The lowest BCUT2D eigenvalue weighted by atomic mass is 10.3. The van der Waals surface area contributed by atoms with Crippen molar-refractivity contribution in [1.82, 2.24) is 24.1 Å². The van der Waals surface area contributed by atoms with E-state index < -0.39 is 16.1 Å². The molecule has 3 rings (SSSR count). The van der Waals surface area contributed by atoms with Crippen molar-refractivity contribution in [3.63, 3.8) is 0 Å². The Labute approximate surface area is 159 Å². The van der Waals surface area contributed by atoms with Crippen molar-refractivity contribution in [1.29, 1.82) is 0 Å². The number of urea groups is 1. The highest BCUT2D eigenvalue weighted by Crippen LogP contribution is 2.24. The molecule has 0 saturated carbocycles. The first-order chi connectivity index (χ1) is 12.7. The first-order valence-corrected chi connectivity index (χ1v) is 9.44. The van der Waals surface area contributed by atoms with Gasteiger partial charge in [0.25, 0.3) is 10.0 Å². The smallest absolute Gasteiger partial charge is 0.335 e. The molecule has 0 unspecified atom stereocenters. The highest BCUT2D eigenvalue weighted by Gasteiger charge is 2.27. The number of nitrogens with zero attached hydrogens (tertiary/aromatic N) is 4. The number of imidazole rings is 1. The number of halogens is 1. The predicted molar refractivity (Wildman–Crippen MR) is 97.6 cm³/mol. The van der Waals surface area contributed by atoms with E-state index in [1.54, 1.807) is 32.0 Å². The van der Waals surface area contributed by atoms with Crippen LogP contribution in [0.15, 0.2) is 29.4 Å². The van der Waals surface area contributed by atoms with E-state index in [0.29, 0.717) is 11.3 Å². The molecule has 2 N–H and O–H groups in total. The molecule has 27 heavy (non-hydrogen) atoms. The van der Waals surface area contributed by atoms with Crippen LogP contribution in [0.5, 0.6) is 5.88 Å². The molecule has 0 bridgehead atoms. The molecule has 0 aliphatic rings. The standard InChI is InChI=1S/C15H15ClN6O4S/c1-8-5-4-6-22-12(8)19-11(16)13(22)27(24,25)21-15(23)20-14-17-9(2)7-10(18-14)26-3/h4-7H,1-3H3,(H2,17,18,20,21,23). The zero-order valence-corrected chi connectivity index (χ0v) is 16.1. The molecule has 12 heteroatoms. The van der Waals surface area contributed by atoms with Gasteiger partial charge in [-0.3, -0.25) is 9.72 Å². The molecule has 142 valence electrons. The number of hydrogen-bond acceptors (Lipinski definition) is 7. The van der Waals surface area contributed by atoms with Crippen LogP contribution in [-0.4, -0.2) is 40.9 Å². The number of ether oxygens (including phenoxy) is 1. The third-order valence-electron chi connectivity index (χ3n) is 3.51. The number of sulfonamides is 1. The van der Waals surface area contributed by atoms with Crippen LogP contribution in [0, 0.1) is 13.8 Å². The zero-order chi connectivity index (χ0) is 19.8. The predicted octanol–water partition coefficient (Wildman–Crippen LogP) is 1.91. The molecule has 0 aliphatic heterocycles. The summed E-state index contributed by atoms with van der Waals surface area (Å²) < 4.78 is 33.4. The van der Waals surface area contributed by atoms with E-state index in [9.17, 15) is 13.2 Å². The number of fused-ring (bicyclic) bond motifs is 1. The normalized spacial score (nSPS) is 11.4.